The fraction of sp³-hybridized carbons (Fsp3) is 0.211. The first-order valence-corrected chi connectivity index (χ1v) is 8.81. The molecule has 6 heteroatoms. The third-order valence-electron chi connectivity index (χ3n) is 3.19. The number of nitriles is 1. The van der Waals surface area contributed by atoms with Crippen LogP contribution >= 0.6 is 11.8 Å². The molecule has 0 aromatic heterocycles. The summed E-state index contributed by atoms with van der Waals surface area (Å²) in [5.74, 6) is -0.105. The van der Waals surface area contributed by atoms with Crippen LogP contribution in [0.1, 0.15) is 29.8 Å². The average molecular weight is 353 g/mol. The van der Waals surface area contributed by atoms with Gasteiger partial charge in [-0.25, -0.2) is 0 Å². The monoisotopic (exact) mass is 353 g/mol. The minimum atomic E-state index is -0.276. The second kappa shape index (κ2) is 8.90. The predicted molar refractivity (Wildman–Crippen MR) is 99.6 cm³/mol. The number of nitrogens with one attached hydrogen (secondary N) is 2. The molecule has 0 atom stereocenters. The number of benzene rings is 2. The van der Waals surface area contributed by atoms with Gasteiger partial charge in [-0.1, -0.05) is 18.2 Å². The topological polar surface area (TPSA) is 82.0 Å². The zero-order valence-electron chi connectivity index (χ0n) is 14.1. The van der Waals surface area contributed by atoms with Crippen LogP contribution in [0.15, 0.2) is 53.4 Å². The molecule has 0 saturated carbocycles. The molecule has 0 aliphatic heterocycles. The van der Waals surface area contributed by atoms with Gasteiger partial charge in [-0.2, -0.15) is 5.26 Å². The lowest BCUT2D eigenvalue weighted by Gasteiger charge is -2.11. The third kappa shape index (κ3) is 5.66. The molecule has 25 heavy (non-hydrogen) atoms. The van der Waals surface area contributed by atoms with Crippen LogP contribution < -0.4 is 10.6 Å². The van der Waals surface area contributed by atoms with Gasteiger partial charge in [-0.05, 0) is 44.2 Å². The van der Waals surface area contributed by atoms with E-state index in [2.05, 4.69) is 10.6 Å². The predicted octanol–water partition coefficient (Wildman–Crippen LogP) is 3.43. The van der Waals surface area contributed by atoms with Crippen LogP contribution in [0.3, 0.4) is 0 Å². The number of hydrogen-bond acceptors (Lipinski definition) is 4. The van der Waals surface area contributed by atoms with E-state index in [9.17, 15) is 9.59 Å². The van der Waals surface area contributed by atoms with E-state index in [1.165, 1.54) is 11.8 Å². The molecule has 128 valence electrons. The quantitative estimate of drug-likeness (QED) is 0.780. The Bertz CT molecular complexity index is 812. The highest BCUT2D eigenvalue weighted by molar-refractivity contribution is 8.00. The van der Waals surface area contributed by atoms with Gasteiger partial charge in [-0.3, -0.25) is 9.59 Å². The van der Waals surface area contributed by atoms with Gasteiger partial charge in [0.25, 0.3) is 5.91 Å². The zero-order chi connectivity index (χ0) is 18.2. The van der Waals surface area contributed by atoms with Gasteiger partial charge in [0.05, 0.1) is 22.9 Å². The summed E-state index contributed by atoms with van der Waals surface area (Å²) in [5, 5.41) is 14.6. The smallest absolute Gasteiger partial charge is 0.256 e. The van der Waals surface area contributed by atoms with E-state index in [1.54, 1.807) is 36.4 Å². The van der Waals surface area contributed by atoms with Crippen LogP contribution in [0, 0.1) is 11.3 Å². The summed E-state index contributed by atoms with van der Waals surface area (Å²) < 4.78 is 0. The van der Waals surface area contributed by atoms with E-state index < -0.39 is 0 Å². The Hall–Kier alpha value is -2.78. The molecule has 0 aliphatic rings. The molecule has 2 aromatic rings. The highest BCUT2D eigenvalue weighted by Gasteiger charge is 2.13. The van der Waals surface area contributed by atoms with Crippen molar-refractivity contribution in [2.24, 2.45) is 0 Å². The number of thioether (sulfide) groups is 1. The van der Waals surface area contributed by atoms with Crippen LogP contribution in [-0.2, 0) is 4.79 Å². The van der Waals surface area contributed by atoms with Crippen molar-refractivity contribution >= 4 is 29.3 Å². The van der Waals surface area contributed by atoms with Gasteiger partial charge in [0.15, 0.2) is 0 Å². The Kier molecular flexibility index (Phi) is 6.61. The summed E-state index contributed by atoms with van der Waals surface area (Å²) in [6.45, 7) is 3.80. The Labute approximate surface area is 151 Å². The van der Waals surface area contributed by atoms with Crippen molar-refractivity contribution in [3.8, 4) is 6.07 Å². The Balaban J connectivity index is 2.09. The summed E-state index contributed by atoms with van der Waals surface area (Å²) in [7, 11) is 0. The van der Waals surface area contributed by atoms with Crippen molar-refractivity contribution in [2.75, 3.05) is 11.1 Å². The van der Waals surface area contributed by atoms with Crippen molar-refractivity contribution in [1.82, 2.24) is 5.32 Å². The molecule has 0 spiro atoms. The summed E-state index contributed by atoms with van der Waals surface area (Å²) in [4.78, 5) is 25.1. The van der Waals surface area contributed by atoms with Gasteiger partial charge in [0.2, 0.25) is 5.91 Å². The van der Waals surface area contributed by atoms with Crippen molar-refractivity contribution in [2.45, 2.75) is 24.8 Å². The maximum Gasteiger partial charge on any atom is 0.256 e. The Morgan fingerprint density at radius 2 is 1.92 bits per heavy atom. The first-order chi connectivity index (χ1) is 12.0. The number of carbonyl (C=O) groups excluding carboxylic acids is 2. The molecular weight excluding hydrogens is 334 g/mol. The van der Waals surface area contributed by atoms with Crippen LogP contribution in [0.2, 0.25) is 0 Å². The van der Waals surface area contributed by atoms with Crippen molar-refractivity contribution in [1.29, 1.82) is 5.26 Å². The summed E-state index contributed by atoms with van der Waals surface area (Å²) in [5.41, 5.74) is 1.53. The first kappa shape index (κ1) is 18.6. The van der Waals surface area contributed by atoms with Gasteiger partial charge in [0.1, 0.15) is 0 Å². The van der Waals surface area contributed by atoms with E-state index >= 15 is 0 Å². The molecule has 0 fully saturated rings. The number of rotatable bonds is 6. The second-order valence-corrected chi connectivity index (χ2v) is 6.67. The third-order valence-corrected chi connectivity index (χ3v) is 4.26. The van der Waals surface area contributed by atoms with Crippen LogP contribution in [0.25, 0.3) is 0 Å². The van der Waals surface area contributed by atoms with Gasteiger partial charge in [-0.15, -0.1) is 11.8 Å². The molecule has 0 radical (unpaired) electrons. The van der Waals surface area contributed by atoms with Crippen molar-refractivity contribution < 1.29 is 9.59 Å². The standard InChI is InChI=1S/C19H19N3O2S/c1-13(2)21-18(23)12-25-17-9-4-3-8-16(17)19(24)22-15-7-5-6-14(10-15)11-20/h3-10,13H,12H2,1-2H3,(H,21,23)(H,22,24). The number of amides is 2. The number of carbonyl (C=O) groups is 2. The first-order valence-electron chi connectivity index (χ1n) is 7.82. The molecule has 0 bridgehead atoms. The molecule has 2 aromatic carbocycles. The normalized spacial score (nSPS) is 10.2. The lowest BCUT2D eigenvalue weighted by molar-refractivity contribution is -0.119. The Morgan fingerprint density at radius 1 is 1.16 bits per heavy atom. The molecule has 5 nitrogen and oxygen atoms in total. The second-order valence-electron chi connectivity index (χ2n) is 5.65. The van der Waals surface area contributed by atoms with Crippen LogP contribution in [0.4, 0.5) is 5.69 Å². The summed E-state index contributed by atoms with van der Waals surface area (Å²) in [6.07, 6.45) is 0. The SMILES string of the molecule is CC(C)NC(=O)CSc1ccccc1C(=O)Nc1cccc(C#N)c1. The molecule has 0 unspecified atom stereocenters. The van der Waals surface area contributed by atoms with E-state index in [4.69, 9.17) is 5.26 Å². The number of anilines is 1. The lowest BCUT2D eigenvalue weighted by atomic mass is 10.2. The number of hydrogen-bond donors (Lipinski definition) is 2. The molecule has 0 saturated heterocycles. The van der Waals surface area contributed by atoms with E-state index in [1.807, 2.05) is 32.0 Å². The molecule has 2 amide bonds. The van der Waals surface area contributed by atoms with Crippen molar-refractivity contribution in [3.05, 3.63) is 59.7 Å². The zero-order valence-corrected chi connectivity index (χ0v) is 14.9. The highest BCUT2D eigenvalue weighted by Crippen LogP contribution is 2.23. The average Bonchev–Trinajstić information content (AvgIpc) is 2.59. The maximum atomic E-state index is 12.5. The van der Waals surface area contributed by atoms with E-state index in [0.717, 1.165) is 4.90 Å². The van der Waals surface area contributed by atoms with Crippen molar-refractivity contribution in [3.63, 3.8) is 0 Å². The molecule has 0 heterocycles. The molecular formula is C19H19N3O2S. The van der Waals surface area contributed by atoms with E-state index in [0.29, 0.717) is 16.8 Å². The largest absolute Gasteiger partial charge is 0.353 e. The fourth-order valence-electron chi connectivity index (χ4n) is 2.15. The molecule has 2 rings (SSSR count). The summed E-state index contributed by atoms with van der Waals surface area (Å²) >= 11 is 1.32. The number of nitrogens with zero attached hydrogens (tertiary/aromatic N) is 1. The van der Waals surface area contributed by atoms with Crippen LogP contribution in [0.5, 0.6) is 0 Å². The maximum absolute atomic E-state index is 12.5. The Morgan fingerprint density at radius 3 is 2.64 bits per heavy atom. The van der Waals surface area contributed by atoms with Gasteiger partial charge in [0, 0.05) is 16.6 Å². The summed E-state index contributed by atoms with van der Waals surface area (Å²) in [6, 6.07) is 16.0. The fourth-order valence-corrected chi connectivity index (χ4v) is 3.01. The highest BCUT2D eigenvalue weighted by atomic mass is 32.2. The lowest BCUT2D eigenvalue weighted by Crippen LogP contribution is -2.31. The minimum absolute atomic E-state index is 0.0723. The molecule has 2 N–H and O–H groups in total. The molecule has 0 aliphatic carbocycles. The minimum Gasteiger partial charge on any atom is -0.353 e. The van der Waals surface area contributed by atoms with E-state index in [-0.39, 0.29) is 23.6 Å². The van der Waals surface area contributed by atoms with Gasteiger partial charge < -0.3 is 10.6 Å². The van der Waals surface area contributed by atoms with Crippen LogP contribution in [-0.4, -0.2) is 23.6 Å². The van der Waals surface area contributed by atoms with Gasteiger partial charge >= 0.3 is 0 Å².